The van der Waals surface area contributed by atoms with Gasteiger partial charge in [-0.25, -0.2) is 4.98 Å². The lowest BCUT2D eigenvalue weighted by molar-refractivity contribution is 0.732. The van der Waals surface area contributed by atoms with Crippen LogP contribution in [0, 0.1) is 0 Å². The molecule has 2 nitrogen and oxygen atoms in total. The third-order valence-corrected chi connectivity index (χ3v) is 2.64. The lowest BCUT2D eigenvalue weighted by atomic mass is 10.3. The summed E-state index contributed by atoms with van der Waals surface area (Å²) in [6.07, 6.45) is 4.16. The van der Waals surface area contributed by atoms with E-state index in [2.05, 4.69) is 39.7 Å². The zero-order chi connectivity index (χ0) is 10.4. The molecule has 3 heteroatoms. The molecule has 0 saturated carbocycles. The summed E-state index contributed by atoms with van der Waals surface area (Å²) in [5.74, 6) is 1.07. The van der Waals surface area contributed by atoms with E-state index in [0.717, 1.165) is 36.2 Å². The van der Waals surface area contributed by atoms with E-state index in [1.165, 1.54) is 0 Å². The molecular formula is C11H17BrN2. The minimum Gasteiger partial charge on any atom is -0.356 e. The summed E-state index contributed by atoms with van der Waals surface area (Å²) in [5, 5.41) is 0. The molecule has 0 aliphatic carbocycles. The largest absolute Gasteiger partial charge is 0.356 e. The van der Waals surface area contributed by atoms with Crippen molar-refractivity contribution in [3.8, 4) is 0 Å². The van der Waals surface area contributed by atoms with Crippen LogP contribution in [0.25, 0.3) is 0 Å². The van der Waals surface area contributed by atoms with Crippen LogP contribution in [0.3, 0.4) is 0 Å². The number of hydrogen-bond donors (Lipinski definition) is 0. The first kappa shape index (κ1) is 11.5. The van der Waals surface area contributed by atoms with E-state index in [-0.39, 0.29) is 0 Å². The number of anilines is 1. The zero-order valence-corrected chi connectivity index (χ0v) is 10.4. The molecule has 0 fully saturated rings. The number of pyridine rings is 1. The molecule has 1 aromatic heterocycles. The maximum absolute atomic E-state index is 4.39. The molecule has 0 atom stereocenters. The Hall–Kier alpha value is -0.570. The summed E-state index contributed by atoms with van der Waals surface area (Å²) < 4.78 is 1.09. The van der Waals surface area contributed by atoms with Crippen LogP contribution < -0.4 is 4.90 Å². The van der Waals surface area contributed by atoms with Crippen molar-refractivity contribution >= 4 is 21.7 Å². The molecule has 0 aliphatic heterocycles. The number of nitrogens with zero attached hydrogens (tertiary/aromatic N) is 2. The Morgan fingerprint density at radius 2 is 1.93 bits per heavy atom. The SMILES string of the molecule is CCCN(CCC)c1ncccc1Br. The maximum Gasteiger partial charge on any atom is 0.142 e. The van der Waals surface area contributed by atoms with E-state index in [4.69, 9.17) is 0 Å². The van der Waals surface area contributed by atoms with Crippen molar-refractivity contribution in [1.29, 1.82) is 0 Å². The zero-order valence-electron chi connectivity index (χ0n) is 8.83. The van der Waals surface area contributed by atoms with Crippen molar-refractivity contribution in [2.45, 2.75) is 26.7 Å². The molecule has 0 bridgehead atoms. The number of hydrogen-bond acceptors (Lipinski definition) is 2. The molecule has 0 spiro atoms. The summed E-state index contributed by atoms with van der Waals surface area (Å²) >= 11 is 3.53. The highest BCUT2D eigenvalue weighted by Gasteiger charge is 2.08. The maximum atomic E-state index is 4.39. The summed E-state index contributed by atoms with van der Waals surface area (Å²) in [7, 11) is 0. The third-order valence-electron chi connectivity index (χ3n) is 2.03. The lowest BCUT2D eigenvalue weighted by Gasteiger charge is -2.23. The molecule has 1 aromatic rings. The fourth-order valence-electron chi connectivity index (χ4n) is 1.47. The predicted octanol–water partition coefficient (Wildman–Crippen LogP) is 3.47. The topological polar surface area (TPSA) is 16.1 Å². The van der Waals surface area contributed by atoms with Crippen molar-refractivity contribution in [3.63, 3.8) is 0 Å². The Kier molecular flexibility index (Phi) is 4.94. The van der Waals surface area contributed by atoms with E-state index in [1.807, 2.05) is 18.3 Å². The van der Waals surface area contributed by atoms with Crippen molar-refractivity contribution in [3.05, 3.63) is 22.8 Å². The van der Waals surface area contributed by atoms with Gasteiger partial charge in [0.2, 0.25) is 0 Å². The minimum atomic E-state index is 1.07. The molecule has 0 aromatic carbocycles. The van der Waals surface area contributed by atoms with Gasteiger partial charge in [-0.05, 0) is 40.9 Å². The Morgan fingerprint density at radius 3 is 2.43 bits per heavy atom. The van der Waals surface area contributed by atoms with Crippen LogP contribution in [0.15, 0.2) is 22.8 Å². The molecule has 14 heavy (non-hydrogen) atoms. The Labute approximate surface area is 94.5 Å². The Balaban J connectivity index is 2.81. The molecule has 78 valence electrons. The summed E-state index contributed by atoms with van der Waals surface area (Å²) in [6, 6.07) is 3.99. The van der Waals surface area contributed by atoms with E-state index in [0.29, 0.717) is 0 Å². The van der Waals surface area contributed by atoms with Crippen LogP contribution in [0.4, 0.5) is 5.82 Å². The van der Waals surface area contributed by atoms with E-state index >= 15 is 0 Å². The van der Waals surface area contributed by atoms with Gasteiger partial charge in [0.25, 0.3) is 0 Å². The molecule has 0 amide bonds. The van der Waals surface area contributed by atoms with Crippen LogP contribution >= 0.6 is 15.9 Å². The van der Waals surface area contributed by atoms with Gasteiger partial charge in [0.15, 0.2) is 0 Å². The molecule has 0 saturated heterocycles. The van der Waals surface area contributed by atoms with Crippen LogP contribution in [0.5, 0.6) is 0 Å². The molecule has 0 N–H and O–H groups in total. The number of aromatic nitrogens is 1. The molecule has 0 radical (unpaired) electrons. The predicted molar refractivity (Wildman–Crippen MR) is 64.7 cm³/mol. The fraction of sp³-hybridized carbons (Fsp3) is 0.545. The summed E-state index contributed by atoms with van der Waals surface area (Å²) in [4.78, 5) is 6.72. The minimum absolute atomic E-state index is 1.07. The Bertz CT molecular complexity index is 270. The lowest BCUT2D eigenvalue weighted by Crippen LogP contribution is -2.26. The van der Waals surface area contributed by atoms with Crippen molar-refractivity contribution in [2.75, 3.05) is 18.0 Å². The highest BCUT2D eigenvalue weighted by Crippen LogP contribution is 2.23. The molecule has 1 heterocycles. The van der Waals surface area contributed by atoms with E-state index < -0.39 is 0 Å². The van der Waals surface area contributed by atoms with Gasteiger partial charge in [-0.1, -0.05) is 13.8 Å². The van der Waals surface area contributed by atoms with Gasteiger partial charge >= 0.3 is 0 Å². The Morgan fingerprint density at radius 1 is 1.29 bits per heavy atom. The molecule has 0 unspecified atom stereocenters. The van der Waals surface area contributed by atoms with Gasteiger partial charge in [0.05, 0.1) is 4.47 Å². The number of halogens is 1. The van der Waals surface area contributed by atoms with Crippen molar-refractivity contribution < 1.29 is 0 Å². The highest BCUT2D eigenvalue weighted by molar-refractivity contribution is 9.10. The summed E-state index contributed by atoms with van der Waals surface area (Å²) in [6.45, 7) is 6.53. The average Bonchev–Trinajstić information content (AvgIpc) is 2.18. The van der Waals surface area contributed by atoms with E-state index in [1.54, 1.807) is 0 Å². The molecular weight excluding hydrogens is 240 g/mol. The van der Waals surface area contributed by atoms with Gasteiger partial charge in [-0.2, -0.15) is 0 Å². The standard InChI is InChI=1S/C11H17BrN2/c1-3-8-14(9-4-2)11-10(12)6-5-7-13-11/h5-7H,3-4,8-9H2,1-2H3. The number of rotatable bonds is 5. The highest BCUT2D eigenvalue weighted by atomic mass is 79.9. The smallest absolute Gasteiger partial charge is 0.142 e. The molecule has 0 aliphatic rings. The second-order valence-electron chi connectivity index (χ2n) is 3.30. The summed E-state index contributed by atoms with van der Waals surface area (Å²) in [5.41, 5.74) is 0. The van der Waals surface area contributed by atoms with Gasteiger partial charge in [-0.15, -0.1) is 0 Å². The van der Waals surface area contributed by atoms with Crippen LogP contribution in [-0.2, 0) is 0 Å². The van der Waals surface area contributed by atoms with Gasteiger partial charge < -0.3 is 4.90 Å². The van der Waals surface area contributed by atoms with Crippen molar-refractivity contribution in [1.82, 2.24) is 4.98 Å². The normalized spacial score (nSPS) is 10.2. The third kappa shape index (κ3) is 2.98. The fourth-order valence-corrected chi connectivity index (χ4v) is 1.98. The van der Waals surface area contributed by atoms with Gasteiger partial charge in [0, 0.05) is 19.3 Å². The van der Waals surface area contributed by atoms with Crippen LogP contribution in [0.2, 0.25) is 0 Å². The van der Waals surface area contributed by atoms with Gasteiger partial charge in [0.1, 0.15) is 5.82 Å². The first-order valence-corrected chi connectivity index (χ1v) is 5.94. The van der Waals surface area contributed by atoms with Crippen molar-refractivity contribution in [2.24, 2.45) is 0 Å². The monoisotopic (exact) mass is 256 g/mol. The van der Waals surface area contributed by atoms with Crippen LogP contribution in [-0.4, -0.2) is 18.1 Å². The van der Waals surface area contributed by atoms with Crippen LogP contribution in [0.1, 0.15) is 26.7 Å². The van der Waals surface area contributed by atoms with E-state index in [9.17, 15) is 0 Å². The van der Waals surface area contributed by atoms with Gasteiger partial charge in [-0.3, -0.25) is 0 Å². The quantitative estimate of drug-likeness (QED) is 0.802. The first-order valence-electron chi connectivity index (χ1n) is 5.15. The second kappa shape index (κ2) is 6.02. The average molecular weight is 257 g/mol. The molecule has 1 rings (SSSR count). The second-order valence-corrected chi connectivity index (χ2v) is 4.15. The first-order chi connectivity index (χ1) is 6.79.